The summed E-state index contributed by atoms with van der Waals surface area (Å²) in [6, 6.07) is 4.42. The second-order valence-corrected chi connectivity index (χ2v) is 11.4. The van der Waals surface area contributed by atoms with Crippen molar-refractivity contribution in [2.75, 3.05) is 59.0 Å². The zero-order chi connectivity index (χ0) is 25.6. The predicted octanol–water partition coefficient (Wildman–Crippen LogP) is 1.08. The number of aliphatic hydroxyl groups excluding tert-OH is 1. The highest BCUT2D eigenvalue weighted by atomic mass is 32.2. The molecule has 2 amide bonds. The van der Waals surface area contributed by atoms with E-state index in [4.69, 9.17) is 4.74 Å². The van der Waals surface area contributed by atoms with Gasteiger partial charge in [-0.25, -0.2) is 12.7 Å². The van der Waals surface area contributed by atoms with Crippen molar-refractivity contribution < 1.29 is 27.9 Å². The quantitative estimate of drug-likeness (QED) is 0.495. The van der Waals surface area contributed by atoms with Crippen LogP contribution in [0.2, 0.25) is 0 Å². The Kier molecular flexibility index (Phi) is 9.86. The molecule has 0 unspecified atom stereocenters. The van der Waals surface area contributed by atoms with Gasteiger partial charge in [0.1, 0.15) is 11.9 Å². The molecule has 1 aromatic rings. The number of hydrogen-bond donors (Lipinski definition) is 2. The summed E-state index contributed by atoms with van der Waals surface area (Å²) >= 11 is 0. The molecular weight excluding hydrogens is 460 g/mol. The molecule has 0 saturated heterocycles. The van der Waals surface area contributed by atoms with Gasteiger partial charge in [0.25, 0.3) is 5.91 Å². The van der Waals surface area contributed by atoms with E-state index in [1.54, 1.807) is 30.0 Å². The van der Waals surface area contributed by atoms with Crippen LogP contribution in [0, 0.1) is 5.92 Å². The number of carbonyl (C=O) groups is 2. The number of anilines is 1. The van der Waals surface area contributed by atoms with Crippen LogP contribution in [0.5, 0.6) is 5.75 Å². The molecule has 0 aromatic heterocycles. The normalized spacial score (nSPS) is 19.9. The zero-order valence-corrected chi connectivity index (χ0v) is 21.8. The maximum atomic E-state index is 13.4. The lowest BCUT2D eigenvalue weighted by Gasteiger charge is -2.38. The number of benzene rings is 1. The Morgan fingerprint density at radius 3 is 2.59 bits per heavy atom. The molecule has 0 spiro atoms. The lowest BCUT2D eigenvalue weighted by atomic mass is 9.99. The largest absolute Gasteiger partial charge is 0.488 e. The maximum Gasteiger partial charge on any atom is 0.258 e. The van der Waals surface area contributed by atoms with E-state index in [0.717, 1.165) is 12.8 Å². The summed E-state index contributed by atoms with van der Waals surface area (Å²) in [5.74, 6) is -0.361. The Bertz CT molecular complexity index is 968. The van der Waals surface area contributed by atoms with E-state index in [1.165, 1.54) is 11.4 Å². The van der Waals surface area contributed by atoms with E-state index < -0.39 is 22.2 Å². The first-order chi connectivity index (χ1) is 15.8. The molecule has 0 fully saturated rings. The Balaban J connectivity index is 2.35. The molecule has 1 aliphatic rings. The molecule has 2 rings (SSSR count). The number of ether oxygens (including phenoxy) is 1. The second kappa shape index (κ2) is 12.0. The number of fused-ring (bicyclic) bond motifs is 1. The Morgan fingerprint density at radius 1 is 1.32 bits per heavy atom. The number of likely N-dealkylation sites (N-methyl/N-ethyl adjacent to an activating group) is 1. The molecule has 1 aliphatic heterocycles. The molecule has 2 N–H and O–H groups in total. The Labute approximate surface area is 202 Å². The number of nitrogens with one attached hydrogen (secondary N) is 1. The van der Waals surface area contributed by atoms with Gasteiger partial charge >= 0.3 is 0 Å². The van der Waals surface area contributed by atoms with Crippen LogP contribution in [0.25, 0.3) is 0 Å². The van der Waals surface area contributed by atoms with Crippen molar-refractivity contribution in [3.05, 3.63) is 23.8 Å². The highest BCUT2D eigenvalue weighted by Gasteiger charge is 2.34. The van der Waals surface area contributed by atoms with Crippen LogP contribution >= 0.6 is 0 Å². The van der Waals surface area contributed by atoms with Crippen molar-refractivity contribution >= 4 is 27.5 Å². The van der Waals surface area contributed by atoms with Crippen LogP contribution < -0.4 is 10.1 Å². The van der Waals surface area contributed by atoms with Gasteiger partial charge in [-0.1, -0.05) is 6.92 Å². The van der Waals surface area contributed by atoms with E-state index in [2.05, 4.69) is 5.32 Å². The topological polar surface area (TPSA) is 119 Å². The fourth-order valence-electron chi connectivity index (χ4n) is 3.69. The number of hydrogen-bond acceptors (Lipinski definition) is 7. The molecule has 0 radical (unpaired) electrons. The molecule has 11 heteroatoms. The van der Waals surface area contributed by atoms with Gasteiger partial charge in [-0.2, -0.15) is 0 Å². The monoisotopic (exact) mass is 498 g/mol. The number of rotatable bonds is 10. The van der Waals surface area contributed by atoms with E-state index in [9.17, 15) is 23.1 Å². The molecule has 1 aromatic carbocycles. The Hall–Kier alpha value is -2.21. The van der Waals surface area contributed by atoms with Gasteiger partial charge in [-0.05, 0) is 52.2 Å². The van der Waals surface area contributed by atoms with E-state index >= 15 is 0 Å². The summed E-state index contributed by atoms with van der Waals surface area (Å²) in [5, 5.41) is 12.6. The third-order valence-electron chi connectivity index (χ3n) is 5.96. The van der Waals surface area contributed by atoms with E-state index in [-0.39, 0.29) is 43.0 Å². The van der Waals surface area contributed by atoms with Crippen LogP contribution in [-0.4, -0.2) is 105 Å². The molecule has 3 atom stereocenters. The van der Waals surface area contributed by atoms with Crippen LogP contribution in [0.1, 0.15) is 37.0 Å². The van der Waals surface area contributed by atoms with Crippen molar-refractivity contribution in [1.82, 2.24) is 14.1 Å². The predicted molar refractivity (Wildman–Crippen MR) is 131 cm³/mol. The van der Waals surface area contributed by atoms with Gasteiger partial charge < -0.3 is 25.0 Å². The highest BCUT2D eigenvalue weighted by Crippen LogP contribution is 2.31. The molecule has 10 nitrogen and oxygen atoms in total. The van der Waals surface area contributed by atoms with Crippen molar-refractivity contribution in [3.63, 3.8) is 0 Å². The fourth-order valence-corrected chi connectivity index (χ4v) is 4.10. The zero-order valence-electron chi connectivity index (χ0n) is 20.9. The first-order valence-corrected chi connectivity index (χ1v) is 13.3. The summed E-state index contributed by atoms with van der Waals surface area (Å²) in [6.07, 6.45) is 1.67. The minimum Gasteiger partial charge on any atom is -0.488 e. The molecule has 0 aliphatic carbocycles. The lowest BCUT2D eigenvalue weighted by molar-refractivity contribution is -0.116. The van der Waals surface area contributed by atoms with E-state index in [1.807, 2.05) is 25.9 Å². The van der Waals surface area contributed by atoms with E-state index in [0.29, 0.717) is 24.3 Å². The van der Waals surface area contributed by atoms with Gasteiger partial charge in [0, 0.05) is 31.6 Å². The summed E-state index contributed by atoms with van der Waals surface area (Å²) in [7, 11) is 1.95. The number of amides is 2. The third kappa shape index (κ3) is 7.66. The third-order valence-corrected chi connectivity index (χ3v) is 7.24. The smallest absolute Gasteiger partial charge is 0.258 e. The van der Waals surface area contributed by atoms with Crippen molar-refractivity contribution in [1.29, 1.82) is 0 Å². The minimum absolute atomic E-state index is 0.110. The number of sulfonamides is 1. The number of carbonyl (C=O) groups excluding carboxylic acids is 2. The standard InChI is InChI=1S/C23H38N4O6S/c1-16-13-27(17(2)15-28)23(30)19-12-18(24-22(29)8-7-11-25(3)4)9-10-20(19)33-21(16)14-26(5)34(6,31)32/h9-10,12,16-17,21,28H,7-8,11,13-15H2,1-6H3,(H,24,29)/t16-,17-,21-/m0/s1. The summed E-state index contributed by atoms with van der Waals surface area (Å²) < 4.78 is 31.3. The average Bonchev–Trinajstić information content (AvgIpc) is 2.75. The first-order valence-electron chi connectivity index (χ1n) is 11.4. The van der Waals surface area contributed by atoms with Crippen LogP contribution in [-0.2, 0) is 14.8 Å². The number of aliphatic hydroxyl groups is 1. The summed E-state index contributed by atoms with van der Waals surface area (Å²) in [4.78, 5) is 29.3. The summed E-state index contributed by atoms with van der Waals surface area (Å²) in [6.45, 7) is 4.60. The lowest BCUT2D eigenvalue weighted by Crippen LogP contribution is -2.50. The van der Waals surface area contributed by atoms with Crippen molar-refractivity contribution in [3.8, 4) is 5.75 Å². The molecule has 192 valence electrons. The van der Waals surface area contributed by atoms with Crippen LogP contribution in [0.15, 0.2) is 18.2 Å². The average molecular weight is 499 g/mol. The van der Waals surface area contributed by atoms with Gasteiger partial charge in [0.05, 0.1) is 31.0 Å². The second-order valence-electron chi connectivity index (χ2n) is 9.33. The van der Waals surface area contributed by atoms with Crippen molar-refractivity contribution in [2.24, 2.45) is 5.92 Å². The molecule has 0 bridgehead atoms. The SMILES string of the molecule is C[C@H]1CN([C@@H](C)CO)C(=O)c2cc(NC(=O)CCCN(C)C)ccc2O[C@H]1CN(C)S(C)(=O)=O. The van der Waals surface area contributed by atoms with Crippen LogP contribution in [0.4, 0.5) is 5.69 Å². The van der Waals surface area contributed by atoms with Gasteiger partial charge in [0.15, 0.2) is 0 Å². The molecular formula is C23H38N4O6S. The van der Waals surface area contributed by atoms with Crippen molar-refractivity contribution in [2.45, 2.75) is 38.8 Å². The van der Waals surface area contributed by atoms with Gasteiger partial charge in [0.2, 0.25) is 15.9 Å². The first kappa shape index (κ1) is 28.0. The summed E-state index contributed by atoms with van der Waals surface area (Å²) in [5.41, 5.74) is 0.728. The highest BCUT2D eigenvalue weighted by molar-refractivity contribution is 7.88. The number of nitrogens with zero attached hydrogens (tertiary/aromatic N) is 3. The Morgan fingerprint density at radius 2 is 2.00 bits per heavy atom. The van der Waals surface area contributed by atoms with Crippen LogP contribution in [0.3, 0.4) is 0 Å². The van der Waals surface area contributed by atoms with Gasteiger partial charge in [-0.15, -0.1) is 0 Å². The molecule has 1 heterocycles. The fraction of sp³-hybridized carbons (Fsp3) is 0.652. The minimum atomic E-state index is -3.42. The maximum absolute atomic E-state index is 13.4. The van der Waals surface area contributed by atoms with Gasteiger partial charge in [-0.3, -0.25) is 9.59 Å². The molecule has 34 heavy (non-hydrogen) atoms. The molecule has 0 saturated carbocycles.